The molecule has 0 fully saturated rings. The van der Waals surface area contributed by atoms with Crippen molar-refractivity contribution >= 4 is 27.3 Å². The Morgan fingerprint density at radius 2 is 1.94 bits per heavy atom. The van der Waals surface area contributed by atoms with Crippen molar-refractivity contribution in [1.82, 2.24) is 0 Å². The maximum absolute atomic E-state index is 13.5. The zero-order chi connectivity index (χ0) is 13.0. The molecule has 1 N–H and O–H groups in total. The zero-order valence-electron chi connectivity index (χ0n) is 8.55. The maximum Gasteiger partial charge on any atom is 0.237 e. The molecule has 0 radical (unpaired) electrons. The molecular formula is C10H5BrF2N4. The number of hydrogen-bond acceptors (Lipinski definition) is 4. The molecule has 1 rings (SSSR count). The van der Waals surface area contributed by atoms with E-state index in [-0.39, 0.29) is 15.7 Å². The van der Waals surface area contributed by atoms with E-state index >= 15 is 0 Å². The number of hydrogen-bond donors (Lipinski definition) is 1. The van der Waals surface area contributed by atoms with Crippen LogP contribution in [0.3, 0.4) is 0 Å². The molecule has 0 atom stereocenters. The van der Waals surface area contributed by atoms with Gasteiger partial charge in [0.25, 0.3) is 0 Å². The van der Waals surface area contributed by atoms with Crippen LogP contribution in [0, 0.1) is 41.2 Å². The number of nitriles is 2. The molecule has 0 aliphatic carbocycles. The first kappa shape index (κ1) is 13.1. The van der Waals surface area contributed by atoms with Gasteiger partial charge in [-0.15, -0.1) is 0 Å². The number of benzene rings is 1. The van der Waals surface area contributed by atoms with Gasteiger partial charge in [-0.1, -0.05) is 0 Å². The highest BCUT2D eigenvalue weighted by Crippen LogP contribution is 2.27. The first-order valence-corrected chi connectivity index (χ1v) is 5.08. The van der Waals surface area contributed by atoms with Crippen LogP contribution >= 0.6 is 15.9 Å². The molecule has 1 aromatic carbocycles. The van der Waals surface area contributed by atoms with Crippen molar-refractivity contribution < 1.29 is 8.78 Å². The van der Waals surface area contributed by atoms with Crippen molar-refractivity contribution in [2.45, 2.75) is 6.92 Å². The topological polar surface area (TPSA) is 72.0 Å². The highest BCUT2D eigenvalue weighted by Gasteiger charge is 2.13. The smallest absolute Gasteiger partial charge is 0.237 e. The van der Waals surface area contributed by atoms with Gasteiger partial charge in [0.15, 0.2) is 5.82 Å². The first-order valence-electron chi connectivity index (χ1n) is 4.29. The molecule has 0 aliphatic heterocycles. The Hall–Kier alpha value is -1.99. The van der Waals surface area contributed by atoms with Crippen molar-refractivity contribution in [1.29, 1.82) is 10.5 Å². The summed E-state index contributed by atoms with van der Waals surface area (Å²) in [4.78, 5) is 0. The van der Waals surface area contributed by atoms with Gasteiger partial charge in [-0.05, 0) is 28.9 Å². The lowest BCUT2D eigenvalue weighted by atomic mass is 10.2. The summed E-state index contributed by atoms with van der Waals surface area (Å²) in [5, 5.41) is 20.2. The van der Waals surface area contributed by atoms with Crippen LogP contribution < -0.4 is 5.43 Å². The fraction of sp³-hybridized carbons (Fsp3) is 0.100. The number of nitrogens with zero attached hydrogens (tertiary/aromatic N) is 3. The summed E-state index contributed by atoms with van der Waals surface area (Å²) in [6.07, 6.45) is 0. The molecule has 0 saturated heterocycles. The molecule has 0 amide bonds. The summed E-state index contributed by atoms with van der Waals surface area (Å²) >= 11 is 2.91. The highest BCUT2D eigenvalue weighted by atomic mass is 79.9. The summed E-state index contributed by atoms with van der Waals surface area (Å²) in [7, 11) is 0. The van der Waals surface area contributed by atoms with Crippen molar-refractivity contribution in [3.05, 3.63) is 27.7 Å². The summed E-state index contributed by atoms with van der Waals surface area (Å²) in [5.74, 6) is -1.54. The summed E-state index contributed by atoms with van der Waals surface area (Å²) in [6.45, 7) is 1.26. The average molecular weight is 299 g/mol. The molecule has 0 aliphatic rings. The molecule has 17 heavy (non-hydrogen) atoms. The SMILES string of the molecule is Cc1c(F)c(Br)cc(NN=C(C#N)C#N)c1F. The fourth-order valence-corrected chi connectivity index (χ4v) is 1.53. The minimum atomic E-state index is -0.829. The number of rotatable bonds is 2. The Bertz CT molecular complexity index is 553. The van der Waals surface area contributed by atoms with Crippen molar-refractivity contribution in [2.75, 3.05) is 5.43 Å². The number of nitrogens with one attached hydrogen (secondary N) is 1. The minimum absolute atomic E-state index is 0.0598. The van der Waals surface area contributed by atoms with E-state index in [0.717, 1.165) is 6.07 Å². The van der Waals surface area contributed by atoms with E-state index in [4.69, 9.17) is 10.5 Å². The van der Waals surface area contributed by atoms with Gasteiger partial charge in [0.1, 0.15) is 18.0 Å². The fourth-order valence-electron chi connectivity index (χ4n) is 1.00. The van der Waals surface area contributed by atoms with Gasteiger partial charge in [0.05, 0.1) is 10.2 Å². The summed E-state index contributed by atoms with van der Waals surface area (Å²) in [6, 6.07) is 4.13. The largest absolute Gasteiger partial charge is 0.273 e. The Morgan fingerprint density at radius 3 is 2.47 bits per heavy atom. The highest BCUT2D eigenvalue weighted by molar-refractivity contribution is 9.10. The van der Waals surface area contributed by atoms with Crippen molar-refractivity contribution in [3.8, 4) is 12.1 Å². The standard InChI is InChI=1S/C10H5BrF2N4/c1-5-9(12)7(11)2-8(10(5)13)17-16-6(3-14)4-15/h2,17H,1H3. The predicted octanol–water partition coefficient (Wildman–Crippen LogP) is 2.85. The second-order valence-electron chi connectivity index (χ2n) is 2.95. The van der Waals surface area contributed by atoms with Gasteiger partial charge < -0.3 is 0 Å². The molecule has 0 spiro atoms. The molecule has 0 heterocycles. The minimum Gasteiger partial charge on any atom is -0.273 e. The van der Waals surface area contributed by atoms with Crippen molar-refractivity contribution in [3.63, 3.8) is 0 Å². The van der Waals surface area contributed by atoms with Gasteiger partial charge in [-0.2, -0.15) is 15.6 Å². The van der Waals surface area contributed by atoms with Crippen LogP contribution in [-0.2, 0) is 0 Å². The van der Waals surface area contributed by atoms with E-state index in [9.17, 15) is 8.78 Å². The monoisotopic (exact) mass is 298 g/mol. The van der Waals surface area contributed by atoms with Gasteiger partial charge in [0.2, 0.25) is 5.71 Å². The third kappa shape index (κ3) is 2.77. The molecular weight excluding hydrogens is 294 g/mol. The molecule has 0 aromatic heterocycles. The van der Waals surface area contributed by atoms with Crippen LogP contribution in [0.2, 0.25) is 0 Å². The molecule has 0 saturated carbocycles. The maximum atomic E-state index is 13.5. The second-order valence-corrected chi connectivity index (χ2v) is 3.81. The normalized spacial score (nSPS) is 9.06. The van der Waals surface area contributed by atoms with E-state index in [2.05, 4.69) is 26.5 Å². The van der Waals surface area contributed by atoms with Crippen LogP contribution in [0.25, 0.3) is 0 Å². The molecule has 7 heteroatoms. The average Bonchev–Trinajstić information content (AvgIpc) is 2.33. The van der Waals surface area contributed by atoms with Gasteiger partial charge in [0, 0.05) is 5.56 Å². The number of hydrazone groups is 1. The Morgan fingerprint density at radius 1 is 1.35 bits per heavy atom. The van der Waals surface area contributed by atoms with E-state index in [1.807, 2.05) is 0 Å². The van der Waals surface area contributed by atoms with Crippen LogP contribution in [0.4, 0.5) is 14.5 Å². The van der Waals surface area contributed by atoms with E-state index in [0.29, 0.717) is 0 Å². The third-order valence-electron chi connectivity index (χ3n) is 1.88. The van der Waals surface area contributed by atoms with Crippen molar-refractivity contribution in [2.24, 2.45) is 5.10 Å². The Kier molecular flexibility index (Phi) is 4.13. The Labute approximate surface area is 104 Å². The zero-order valence-corrected chi connectivity index (χ0v) is 10.1. The van der Waals surface area contributed by atoms with E-state index in [1.54, 1.807) is 0 Å². The lowest BCUT2D eigenvalue weighted by molar-refractivity contribution is 0.566. The third-order valence-corrected chi connectivity index (χ3v) is 2.45. The summed E-state index contributed by atoms with van der Waals surface area (Å²) in [5.41, 5.74) is 1.43. The van der Waals surface area contributed by atoms with E-state index in [1.165, 1.54) is 19.1 Å². The molecule has 4 nitrogen and oxygen atoms in total. The predicted molar refractivity (Wildman–Crippen MR) is 61.1 cm³/mol. The first-order chi connectivity index (χ1) is 8.01. The molecule has 0 bridgehead atoms. The lowest BCUT2D eigenvalue weighted by Crippen LogP contribution is -2.01. The van der Waals surface area contributed by atoms with E-state index < -0.39 is 17.3 Å². The number of anilines is 1. The van der Waals surface area contributed by atoms with Gasteiger partial charge in [-0.25, -0.2) is 8.78 Å². The van der Waals surface area contributed by atoms with Crippen LogP contribution in [0.5, 0.6) is 0 Å². The second kappa shape index (κ2) is 5.37. The molecule has 0 unspecified atom stereocenters. The Balaban J connectivity index is 3.15. The van der Waals surface area contributed by atoms with Gasteiger partial charge in [-0.3, -0.25) is 5.43 Å². The van der Waals surface area contributed by atoms with Crippen LogP contribution in [0.1, 0.15) is 5.56 Å². The lowest BCUT2D eigenvalue weighted by Gasteiger charge is -2.07. The summed E-state index contributed by atoms with van der Waals surface area (Å²) < 4.78 is 26.8. The van der Waals surface area contributed by atoms with Gasteiger partial charge >= 0.3 is 0 Å². The molecule has 1 aromatic rings. The molecule has 86 valence electrons. The number of halogens is 3. The quantitative estimate of drug-likeness (QED) is 0.518. The van der Waals surface area contributed by atoms with Crippen LogP contribution in [0.15, 0.2) is 15.6 Å². The van der Waals surface area contributed by atoms with Crippen LogP contribution in [-0.4, -0.2) is 5.71 Å².